The highest BCUT2D eigenvalue weighted by Gasteiger charge is 2.17. The Morgan fingerprint density at radius 3 is 2.71 bits per heavy atom. The van der Waals surface area contributed by atoms with Gasteiger partial charge in [-0.25, -0.2) is 0 Å². The minimum Gasteiger partial charge on any atom is -0.497 e. The second-order valence-corrected chi connectivity index (χ2v) is 5.03. The van der Waals surface area contributed by atoms with Crippen molar-refractivity contribution >= 4 is 0 Å². The van der Waals surface area contributed by atoms with Gasteiger partial charge in [0.05, 0.1) is 7.11 Å². The van der Waals surface area contributed by atoms with E-state index in [9.17, 15) is 0 Å². The Morgan fingerprint density at radius 1 is 1.14 bits per heavy atom. The van der Waals surface area contributed by atoms with E-state index in [0.29, 0.717) is 6.79 Å². The van der Waals surface area contributed by atoms with Gasteiger partial charge >= 0.3 is 0 Å². The first kappa shape index (κ1) is 13.8. The van der Waals surface area contributed by atoms with Crippen molar-refractivity contribution in [3.8, 4) is 17.2 Å². The first-order valence-corrected chi connectivity index (χ1v) is 7.03. The Kier molecular flexibility index (Phi) is 3.97. The van der Waals surface area contributed by atoms with E-state index in [2.05, 4.69) is 30.4 Å². The van der Waals surface area contributed by atoms with E-state index < -0.39 is 0 Å². The quantitative estimate of drug-likeness (QED) is 0.915. The number of hydrogen-bond donors (Lipinski definition) is 1. The number of rotatable bonds is 5. The van der Waals surface area contributed by atoms with Gasteiger partial charge in [0.15, 0.2) is 11.5 Å². The van der Waals surface area contributed by atoms with E-state index in [-0.39, 0.29) is 6.04 Å². The molecule has 0 spiro atoms. The molecule has 0 saturated heterocycles. The van der Waals surface area contributed by atoms with Crippen LogP contribution in [0.1, 0.15) is 24.1 Å². The molecule has 21 heavy (non-hydrogen) atoms. The molecule has 1 N–H and O–H groups in total. The maximum absolute atomic E-state index is 5.52. The summed E-state index contributed by atoms with van der Waals surface area (Å²) in [5.74, 6) is 2.55. The van der Waals surface area contributed by atoms with Crippen LogP contribution in [-0.4, -0.2) is 13.9 Å². The van der Waals surface area contributed by atoms with E-state index in [1.165, 1.54) is 5.56 Å². The van der Waals surface area contributed by atoms with Crippen molar-refractivity contribution in [3.63, 3.8) is 0 Å². The lowest BCUT2D eigenvalue weighted by Gasteiger charge is -2.15. The van der Waals surface area contributed by atoms with Crippen LogP contribution >= 0.6 is 0 Å². The summed E-state index contributed by atoms with van der Waals surface area (Å²) in [6.07, 6.45) is 0. The zero-order valence-corrected chi connectivity index (χ0v) is 12.3. The summed E-state index contributed by atoms with van der Waals surface area (Å²) < 4.78 is 16.1. The molecule has 110 valence electrons. The largest absolute Gasteiger partial charge is 0.497 e. The molecule has 1 aliphatic heterocycles. The van der Waals surface area contributed by atoms with Crippen LogP contribution in [0, 0.1) is 0 Å². The average Bonchev–Trinajstić information content (AvgIpc) is 3.02. The Bertz CT molecular complexity index is 610. The molecule has 0 saturated carbocycles. The number of methoxy groups -OCH3 is 1. The van der Waals surface area contributed by atoms with Crippen LogP contribution in [0.5, 0.6) is 17.2 Å². The van der Waals surface area contributed by atoms with Crippen LogP contribution in [0.3, 0.4) is 0 Å². The molecule has 0 fully saturated rings. The van der Waals surface area contributed by atoms with E-state index in [1.807, 2.05) is 24.3 Å². The number of ether oxygens (including phenoxy) is 3. The molecule has 1 aliphatic rings. The predicted octanol–water partition coefficient (Wildman–Crippen LogP) is 3.27. The maximum atomic E-state index is 5.52. The number of hydrogen-bond acceptors (Lipinski definition) is 4. The summed E-state index contributed by atoms with van der Waals surface area (Å²) in [7, 11) is 1.68. The van der Waals surface area contributed by atoms with Gasteiger partial charge in [0, 0.05) is 18.2 Å². The number of nitrogens with one attached hydrogen (secondary N) is 1. The fraction of sp³-hybridized carbons (Fsp3) is 0.294. The first-order valence-electron chi connectivity index (χ1n) is 7.03. The molecule has 0 amide bonds. The molecule has 1 unspecified atom stereocenters. The molecule has 0 aromatic heterocycles. The van der Waals surface area contributed by atoms with Gasteiger partial charge in [-0.05, 0) is 30.7 Å². The summed E-state index contributed by atoms with van der Waals surface area (Å²) in [6, 6.07) is 14.3. The lowest BCUT2D eigenvalue weighted by Crippen LogP contribution is -2.18. The monoisotopic (exact) mass is 285 g/mol. The van der Waals surface area contributed by atoms with Gasteiger partial charge < -0.3 is 19.5 Å². The molecule has 0 bridgehead atoms. The third kappa shape index (κ3) is 2.95. The van der Waals surface area contributed by atoms with Crippen molar-refractivity contribution in [2.45, 2.75) is 19.5 Å². The van der Waals surface area contributed by atoms with Crippen LogP contribution in [0.2, 0.25) is 0 Å². The third-order valence-electron chi connectivity index (χ3n) is 3.69. The van der Waals surface area contributed by atoms with Crippen molar-refractivity contribution in [3.05, 3.63) is 53.6 Å². The third-order valence-corrected chi connectivity index (χ3v) is 3.69. The van der Waals surface area contributed by atoms with Gasteiger partial charge in [-0.15, -0.1) is 0 Å². The van der Waals surface area contributed by atoms with Crippen molar-refractivity contribution in [1.82, 2.24) is 5.32 Å². The van der Waals surface area contributed by atoms with Crippen LogP contribution < -0.4 is 19.5 Å². The highest BCUT2D eigenvalue weighted by Crippen LogP contribution is 2.35. The second-order valence-electron chi connectivity index (χ2n) is 5.03. The van der Waals surface area contributed by atoms with Crippen LogP contribution in [0.15, 0.2) is 42.5 Å². The molecular weight excluding hydrogens is 266 g/mol. The van der Waals surface area contributed by atoms with Crippen LogP contribution in [0.4, 0.5) is 0 Å². The molecule has 4 nitrogen and oxygen atoms in total. The van der Waals surface area contributed by atoms with E-state index in [4.69, 9.17) is 14.2 Å². The topological polar surface area (TPSA) is 39.7 Å². The molecule has 4 heteroatoms. The molecular formula is C17H19NO3. The fourth-order valence-electron chi connectivity index (χ4n) is 2.40. The Labute approximate surface area is 124 Å². The van der Waals surface area contributed by atoms with Gasteiger partial charge in [0.25, 0.3) is 0 Å². The summed E-state index contributed by atoms with van der Waals surface area (Å²) >= 11 is 0. The fourth-order valence-corrected chi connectivity index (χ4v) is 2.40. The lowest BCUT2D eigenvalue weighted by molar-refractivity contribution is 0.173. The van der Waals surface area contributed by atoms with Gasteiger partial charge in [0.2, 0.25) is 6.79 Å². The molecule has 2 aromatic rings. The minimum absolute atomic E-state index is 0.245. The smallest absolute Gasteiger partial charge is 0.231 e. The lowest BCUT2D eigenvalue weighted by atomic mass is 10.1. The highest BCUT2D eigenvalue weighted by molar-refractivity contribution is 5.48. The van der Waals surface area contributed by atoms with Crippen molar-refractivity contribution in [2.24, 2.45) is 0 Å². The Balaban J connectivity index is 1.65. The normalized spacial score (nSPS) is 14.0. The summed E-state index contributed by atoms with van der Waals surface area (Å²) in [6.45, 7) is 3.18. The van der Waals surface area contributed by atoms with E-state index >= 15 is 0 Å². The molecule has 3 rings (SSSR count). The van der Waals surface area contributed by atoms with Crippen molar-refractivity contribution < 1.29 is 14.2 Å². The van der Waals surface area contributed by atoms with Gasteiger partial charge in [-0.2, -0.15) is 0 Å². The molecule has 1 atom stereocenters. The molecule has 2 aromatic carbocycles. The minimum atomic E-state index is 0.245. The van der Waals surface area contributed by atoms with Gasteiger partial charge in [-0.1, -0.05) is 24.3 Å². The molecule has 0 radical (unpaired) electrons. The standard InChI is InChI=1S/C17H19NO3/c1-12(13-6-8-15(19-2)9-7-13)18-10-14-4-3-5-16-17(14)21-11-20-16/h3-9,12,18H,10-11H2,1-2H3. The Hall–Kier alpha value is -2.20. The number of fused-ring (bicyclic) bond motifs is 1. The SMILES string of the molecule is COc1ccc(C(C)NCc2cccc3c2OCO3)cc1. The predicted molar refractivity (Wildman–Crippen MR) is 80.8 cm³/mol. The van der Waals surface area contributed by atoms with Crippen LogP contribution in [-0.2, 0) is 6.54 Å². The number of para-hydroxylation sites is 1. The van der Waals surface area contributed by atoms with E-state index in [0.717, 1.165) is 29.4 Å². The Morgan fingerprint density at radius 2 is 1.95 bits per heavy atom. The first-order chi connectivity index (χ1) is 10.3. The number of benzene rings is 2. The summed E-state index contributed by atoms with van der Waals surface area (Å²) in [4.78, 5) is 0. The zero-order chi connectivity index (χ0) is 14.7. The van der Waals surface area contributed by atoms with Gasteiger partial charge in [-0.3, -0.25) is 0 Å². The van der Waals surface area contributed by atoms with Crippen molar-refractivity contribution in [1.29, 1.82) is 0 Å². The molecule has 0 aliphatic carbocycles. The average molecular weight is 285 g/mol. The zero-order valence-electron chi connectivity index (χ0n) is 12.3. The summed E-state index contributed by atoms with van der Waals surface area (Å²) in [5.41, 5.74) is 2.34. The van der Waals surface area contributed by atoms with Crippen molar-refractivity contribution in [2.75, 3.05) is 13.9 Å². The molecule has 1 heterocycles. The maximum Gasteiger partial charge on any atom is 0.231 e. The van der Waals surface area contributed by atoms with Gasteiger partial charge in [0.1, 0.15) is 5.75 Å². The highest BCUT2D eigenvalue weighted by atomic mass is 16.7. The second kappa shape index (κ2) is 6.06. The van der Waals surface area contributed by atoms with Crippen LogP contribution in [0.25, 0.3) is 0 Å². The van der Waals surface area contributed by atoms with E-state index in [1.54, 1.807) is 7.11 Å². The summed E-state index contributed by atoms with van der Waals surface area (Å²) in [5, 5.41) is 3.51.